The summed E-state index contributed by atoms with van der Waals surface area (Å²) in [6.45, 7) is 5.45. The lowest BCUT2D eigenvalue weighted by molar-refractivity contribution is -0.122. The summed E-state index contributed by atoms with van der Waals surface area (Å²) in [5.41, 5.74) is 2.66. The van der Waals surface area contributed by atoms with E-state index in [9.17, 15) is 4.79 Å². The Morgan fingerprint density at radius 2 is 1.68 bits per heavy atom. The number of rotatable bonds is 8. The average molecular weight is 422 g/mol. The van der Waals surface area contributed by atoms with Gasteiger partial charge in [0.1, 0.15) is 5.75 Å². The Balaban J connectivity index is 1.13. The second-order valence-electron chi connectivity index (χ2n) is 9.01. The quantitative estimate of drug-likeness (QED) is 0.708. The fraction of sp³-hybridized carbons (Fsp3) is 0.500. The molecule has 0 saturated carbocycles. The number of benzene rings is 2. The maximum absolute atomic E-state index is 12.5. The summed E-state index contributed by atoms with van der Waals surface area (Å²) >= 11 is 0. The van der Waals surface area contributed by atoms with Crippen LogP contribution in [0.15, 0.2) is 54.6 Å². The van der Waals surface area contributed by atoms with Gasteiger partial charge in [-0.1, -0.05) is 30.3 Å². The average Bonchev–Trinajstić information content (AvgIpc) is 3.29. The van der Waals surface area contributed by atoms with Crippen molar-refractivity contribution >= 4 is 11.6 Å². The summed E-state index contributed by atoms with van der Waals surface area (Å²) in [6.07, 6.45) is 4.58. The Labute approximate surface area is 186 Å². The standard InChI is InChI=1S/C26H35N3O2/c1-31-25-9-7-21(8-10-25)17-22-11-14-28(15-12-22)20-26(30)27-18-23-13-16-29(19-23)24-5-3-2-4-6-24/h2-10,22-23H,11-20H2,1H3,(H,27,30). The zero-order chi connectivity index (χ0) is 21.5. The van der Waals surface area contributed by atoms with E-state index in [0.717, 1.165) is 64.2 Å². The molecule has 1 amide bonds. The van der Waals surface area contributed by atoms with Crippen molar-refractivity contribution in [1.82, 2.24) is 10.2 Å². The first-order valence-electron chi connectivity index (χ1n) is 11.6. The lowest BCUT2D eigenvalue weighted by atomic mass is 9.90. The number of amides is 1. The SMILES string of the molecule is COc1ccc(CC2CCN(CC(=O)NCC3CCN(c4ccccc4)C3)CC2)cc1. The second kappa shape index (κ2) is 10.7. The number of nitrogens with one attached hydrogen (secondary N) is 1. The number of ether oxygens (including phenoxy) is 1. The fourth-order valence-corrected chi connectivity index (χ4v) is 4.83. The summed E-state index contributed by atoms with van der Waals surface area (Å²) in [5.74, 6) is 2.33. The summed E-state index contributed by atoms with van der Waals surface area (Å²) in [5, 5.41) is 3.19. The predicted octanol–water partition coefficient (Wildman–Crippen LogP) is 3.59. The Morgan fingerprint density at radius 3 is 2.39 bits per heavy atom. The molecule has 2 aliphatic rings. The third kappa shape index (κ3) is 6.23. The number of carbonyl (C=O) groups excluding carboxylic acids is 1. The number of nitrogens with zero attached hydrogens (tertiary/aromatic N) is 2. The molecule has 0 spiro atoms. The number of para-hydroxylation sites is 1. The Hall–Kier alpha value is -2.53. The Morgan fingerprint density at radius 1 is 0.968 bits per heavy atom. The monoisotopic (exact) mass is 421 g/mol. The first-order valence-corrected chi connectivity index (χ1v) is 11.6. The third-order valence-corrected chi connectivity index (χ3v) is 6.75. The number of carbonyl (C=O) groups is 1. The highest BCUT2D eigenvalue weighted by Crippen LogP contribution is 2.24. The second-order valence-corrected chi connectivity index (χ2v) is 9.01. The van der Waals surface area contributed by atoms with Crippen molar-refractivity contribution in [2.24, 2.45) is 11.8 Å². The van der Waals surface area contributed by atoms with Crippen LogP contribution in [0.3, 0.4) is 0 Å². The van der Waals surface area contributed by atoms with Gasteiger partial charge in [0.15, 0.2) is 0 Å². The first-order chi connectivity index (χ1) is 15.2. The van der Waals surface area contributed by atoms with Gasteiger partial charge in [0.05, 0.1) is 13.7 Å². The molecule has 0 aromatic heterocycles. The molecule has 1 N–H and O–H groups in total. The number of piperidine rings is 1. The summed E-state index contributed by atoms with van der Waals surface area (Å²) in [4.78, 5) is 17.2. The van der Waals surface area contributed by atoms with E-state index in [-0.39, 0.29) is 5.91 Å². The normalized spacial score (nSPS) is 20.0. The molecule has 2 aromatic rings. The van der Waals surface area contributed by atoms with Crippen molar-refractivity contribution in [3.63, 3.8) is 0 Å². The molecule has 5 heteroatoms. The third-order valence-electron chi connectivity index (χ3n) is 6.75. The summed E-state index contributed by atoms with van der Waals surface area (Å²) in [7, 11) is 1.70. The minimum absolute atomic E-state index is 0.173. The zero-order valence-electron chi connectivity index (χ0n) is 18.6. The van der Waals surface area contributed by atoms with Gasteiger partial charge in [0, 0.05) is 25.3 Å². The van der Waals surface area contributed by atoms with Crippen LogP contribution in [-0.4, -0.2) is 57.2 Å². The molecule has 1 atom stereocenters. The van der Waals surface area contributed by atoms with E-state index in [1.165, 1.54) is 11.3 Å². The maximum Gasteiger partial charge on any atom is 0.234 e. The minimum atomic E-state index is 0.173. The van der Waals surface area contributed by atoms with Crippen LogP contribution in [0.5, 0.6) is 5.75 Å². The molecule has 2 aromatic carbocycles. The summed E-state index contributed by atoms with van der Waals surface area (Å²) < 4.78 is 5.24. The largest absolute Gasteiger partial charge is 0.497 e. The number of likely N-dealkylation sites (tertiary alicyclic amines) is 1. The van der Waals surface area contributed by atoms with Crippen molar-refractivity contribution in [3.8, 4) is 5.75 Å². The number of anilines is 1. The van der Waals surface area contributed by atoms with Crippen molar-refractivity contribution in [2.75, 3.05) is 51.3 Å². The lowest BCUT2D eigenvalue weighted by Gasteiger charge is -2.31. The molecule has 2 heterocycles. The molecule has 4 rings (SSSR count). The fourth-order valence-electron chi connectivity index (χ4n) is 4.83. The van der Waals surface area contributed by atoms with Crippen molar-refractivity contribution in [2.45, 2.75) is 25.7 Å². The van der Waals surface area contributed by atoms with Gasteiger partial charge in [-0.2, -0.15) is 0 Å². The molecule has 0 bridgehead atoms. The van der Waals surface area contributed by atoms with E-state index in [4.69, 9.17) is 4.74 Å². The van der Waals surface area contributed by atoms with Crippen LogP contribution >= 0.6 is 0 Å². The van der Waals surface area contributed by atoms with Crippen molar-refractivity contribution in [3.05, 3.63) is 60.2 Å². The summed E-state index contributed by atoms with van der Waals surface area (Å²) in [6, 6.07) is 19.0. The smallest absolute Gasteiger partial charge is 0.234 e. The van der Waals surface area contributed by atoms with Gasteiger partial charge in [0.25, 0.3) is 0 Å². The van der Waals surface area contributed by atoms with Crippen LogP contribution in [0.25, 0.3) is 0 Å². The van der Waals surface area contributed by atoms with Gasteiger partial charge in [-0.25, -0.2) is 0 Å². The molecule has 0 radical (unpaired) electrons. The Bertz CT molecular complexity index is 816. The van der Waals surface area contributed by atoms with Gasteiger partial charge in [-0.3, -0.25) is 9.69 Å². The molecule has 2 saturated heterocycles. The van der Waals surface area contributed by atoms with Gasteiger partial charge in [-0.15, -0.1) is 0 Å². The van der Waals surface area contributed by atoms with E-state index in [2.05, 4.69) is 57.6 Å². The molecule has 5 nitrogen and oxygen atoms in total. The molecule has 166 valence electrons. The van der Waals surface area contributed by atoms with Crippen LogP contribution in [-0.2, 0) is 11.2 Å². The van der Waals surface area contributed by atoms with E-state index in [1.807, 2.05) is 12.1 Å². The molecule has 31 heavy (non-hydrogen) atoms. The molecule has 2 aliphatic heterocycles. The van der Waals surface area contributed by atoms with Gasteiger partial charge < -0.3 is 15.0 Å². The highest BCUT2D eigenvalue weighted by Gasteiger charge is 2.24. The van der Waals surface area contributed by atoms with E-state index >= 15 is 0 Å². The zero-order valence-corrected chi connectivity index (χ0v) is 18.6. The van der Waals surface area contributed by atoms with Gasteiger partial charge in [-0.05, 0) is 80.4 Å². The topological polar surface area (TPSA) is 44.8 Å². The number of methoxy groups -OCH3 is 1. The number of hydrogen-bond donors (Lipinski definition) is 1. The van der Waals surface area contributed by atoms with Gasteiger partial charge in [0.2, 0.25) is 5.91 Å². The first kappa shape index (κ1) is 21.7. The molecule has 2 fully saturated rings. The van der Waals surface area contributed by atoms with Gasteiger partial charge >= 0.3 is 0 Å². The molecular formula is C26H35N3O2. The Kier molecular flexibility index (Phi) is 7.47. The molecule has 1 unspecified atom stereocenters. The van der Waals surface area contributed by atoms with Crippen LogP contribution in [0.1, 0.15) is 24.8 Å². The van der Waals surface area contributed by atoms with Crippen LogP contribution in [0.2, 0.25) is 0 Å². The van der Waals surface area contributed by atoms with Crippen molar-refractivity contribution < 1.29 is 9.53 Å². The highest BCUT2D eigenvalue weighted by molar-refractivity contribution is 5.78. The number of hydrogen-bond acceptors (Lipinski definition) is 4. The van der Waals surface area contributed by atoms with Crippen LogP contribution in [0, 0.1) is 11.8 Å². The molecular weight excluding hydrogens is 386 g/mol. The van der Waals surface area contributed by atoms with Crippen molar-refractivity contribution in [1.29, 1.82) is 0 Å². The lowest BCUT2D eigenvalue weighted by Crippen LogP contribution is -2.43. The molecule has 0 aliphatic carbocycles. The van der Waals surface area contributed by atoms with Crippen LogP contribution in [0.4, 0.5) is 5.69 Å². The highest BCUT2D eigenvalue weighted by atomic mass is 16.5. The predicted molar refractivity (Wildman–Crippen MR) is 126 cm³/mol. The van der Waals surface area contributed by atoms with E-state index < -0.39 is 0 Å². The van der Waals surface area contributed by atoms with E-state index in [0.29, 0.717) is 18.4 Å². The maximum atomic E-state index is 12.5. The van der Waals surface area contributed by atoms with Crippen LogP contribution < -0.4 is 15.0 Å². The van der Waals surface area contributed by atoms with E-state index in [1.54, 1.807) is 7.11 Å². The minimum Gasteiger partial charge on any atom is -0.497 e.